The molecule has 0 bridgehead atoms. The van der Waals surface area contributed by atoms with E-state index in [0.717, 1.165) is 25.7 Å². The summed E-state index contributed by atoms with van der Waals surface area (Å²) in [6.07, 6.45) is 5.55. The van der Waals surface area contributed by atoms with E-state index >= 15 is 0 Å². The van der Waals surface area contributed by atoms with Gasteiger partial charge in [-0.25, -0.2) is 0 Å². The molecule has 98 valence electrons. The Labute approximate surface area is 109 Å². The second kappa shape index (κ2) is 6.03. The molecule has 2 rings (SSSR count). The lowest BCUT2D eigenvalue weighted by Gasteiger charge is -2.03. The van der Waals surface area contributed by atoms with Gasteiger partial charge in [0, 0.05) is 0 Å². The molecular weight excluding hydrogens is 224 g/mol. The molecular formula is C16H22O2. The van der Waals surface area contributed by atoms with Crippen LogP contribution in [0.25, 0.3) is 0 Å². The summed E-state index contributed by atoms with van der Waals surface area (Å²) in [5.74, 6) is 0.695. The van der Waals surface area contributed by atoms with E-state index in [-0.39, 0.29) is 11.9 Å². The Balaban J connectivity index is 1.76. The summed E-state index contributed by atoms with van der Waals surface area (Å²) in [5.41, 5.74) is 2.80. The fourth-order valence-electron chi connectivity index (χ4n) is 2.52. The van der Waals surface area contributed by atoms with Gasteiger partial charge in [-0.1, -0.05) is 37.6 Å². The molecule has 0 amide bonds. The van der Waals surface area contributed by atoms with Crippen LogP contribution in [0.15, 0.2) is 24.3 Å². The topological polar surface area (TPSA) is 26.3 Å². The van der Waals surface area contributed by atoms with Gasteiger partial charge in [-0.15, -0.1) is 0 Å². The highest BCUT2D eigenvalue weighted by molar-refractivity contribution is 5.75. The third-order valence-electron chi connectivity index (χ3n) is 3.79. The van der Waals surface area contributed by atoms with Gasteiger partial charge >= 0.3 is 5.97 Å². The van der Waals surface area contributed by atoms with Crippen LogP contribution >= 0.6 is 0 Å². The zero-order chi connectivity index (χ0) is 13.0. The van der Waals surface area contributed by atoms with E-state index < -0.39 is 0 Å². The van der Waals surface area contributed by atoms with Crippen molar-refractivity contribution in [2.24, 2.45) is 11.8 Å². The number of hydrogen-bond donors (Lipinski definition) is 0. The van der Waals surface area contributed by atoms with Crippen LogP contribution in [0.5, 0.6) is 0 Å². The number of benzene rings is 1. The highest BCUT2D eigenvalue weighted by Crippen LogP contribution is 2.42. The molecule has 2 nitrogen and oxygen atoms in total. The van der Waals surface area contributed by atoms with E-state index in [0.29, 0.717) is 5.92 Å². The molecule has 0 saturated heterocycles. The Morgan fingerprint density at radius 1 is 1.22 bits per heavy atom. The molecule has 0 spiro atoms. The predicted molar refractivity (Wildman–Crippen MR) is 72.4 cm³/mol. The van der Waals surface area contributed by atoms with Crippen molar-refractivity contribution in [3.8, 4) is 0 Å². The molecule has 0 aliphatic heterocycles. The fraction of sp³-hybridized carbons (Fsp3) is 0.562. The number of esters is 1. The minimum absolute atomic E-state index is 0.0294. The maximum Gasteiger partial charge on any atom is 0.308 e. The maximum absolute atomic E-state index is 11.3. The molecule has 0 radical (unpaired) electrons. The third kappa shape index (κ3) is 3.34. The number of hydrogen-bond acceptors (Lipinski definition) is 2. The lowest BCUT2D eigenvalue weighted by Crippen LogP contribution is -2.04. The Hall–Kier alpha value is -1.31. The normalized spacial score (nSPS) is 21.7. The summed E-state index contributed by atoms with van der Waals surface area (Å²) >= 11 is 0. The molecule has 1 saturated carbocycles. The van der Waals surface area contributed by atoms with Crippen molar-refractivity contribution in [1.29, 1.82) is 0 Å². The van der Waals surface area contributed by atoms with Gasteiger partial charge in [0.2, 0.25) is 0 Å². The summed E-state index contributed by atoms with van der Waals surface area (Å²) < 4.78 is 4.76. The average molecular weight is 246 g/mol. The standard InChI is InChI=1S/C16H22O2/c1-3-4-12-5-7-13(8-6-12)9-10-14-11-15(14)16(17)18-2/h5-8,14-15H,3-4,9-11H2,1-2H3. The first-order valence-electron chi connectivity index (χ1n) is 6.90. The van der Waals surface area contributed by atoms with Crippen molar-refractivity contribution < 1.29 is 9.53 Å². The van der Waals surface area contributed by atoms with E-state index in [1.165, 1.54) is 24.7 Å². The van der Waals surface area contributed by atoms with E-state index in [1.807, 2.05) is 0 Å². The largest absolute Gasteiger partial charge is 0.469 e. The third-order valence-corrected chi connectivity index (χ3v) is 3.79. The average Bonchev–Trinajstić information content (AvgIpc) is 3.17. The van der Waals surface area contributed by atoms with E-state index in [4.69, 9.17) is 4.74 Å². The van der Waals surface area contributed by atoms with Gasteiger partial charge in [0.05, 0.1) is 13.0 Å². The van der Waals surface area contributed by atoms with Gasteiger partial charge in [-0.05, 0) is 42.7 Å². The van der Waals surface area contributed by atoms with Crippen molar-refractivity contribution in [2.45, 2.75) is 39.0 Å². The second-order valence-electron chi connectivity index (χ2n) is 5.23. The molecule has 0 N–H and O–H groups in total. The Kier molecular flexibility index (Phi) is 4.40. The number of rotatable bonds is 6. The van der Waals surface area contributed by atoms with Crippen molar-refractivity contribution in [3.05, 3.63) is 35.4 Å². The van der Waals surface area contributed by atoms with E-state index in [1.54, 1.807) is 0 Å². The summed E-state index contributed by atoms with van der Waals surface area (Å²) in [6, 6.07) is 8.90. The molecule has 2 heteroatoms. The lowest BCUT2D eigenvalue weighted by molar-refractivity contribution is -0.142. The second-order valence-corrected chi connectivity index (χ2v) is 5.23. The minimum Gasteiger partial charge on any atom is -0.469 e. The van der Waals surface area contributed by atoms with Gasteiger partial charge in [0.1, 0.15) is 0 Å². The van der Waals surface area contributed by atoms with Crippen LogP contribution in [0.1, 0.15) is 37.3 Å². The van der Waals surface area contributed by atoms with Gasteiger partial charge in [0.25, 0.3) is 0 Å². The monoisotopic (exact) mass is 246 g/mol. The molecule has 1 aliphatic rings. The Bertz CT molecular complexity index is 394. The fourth-order valence-corrected chi connectivity index (χ4v) is 2.52. The predicted octanol–water partition coefficient (Wildman–Crippen LogP) is 3.38. The zero-order valence-corrected chi connectivity index (χ0v) is 11.3. The first-order chi connectivity index (χ1) is 8.74. The summed E-state index contributed by atoms with van der Waals surface area (Å²) in [7, 11) is 1.48. The lowest BCUT2D eigenvalue weighted by atomic mass is 10.0. The number of methoxy groups -OCH3 is 1. The van der Waals surface area contributed by atoms with Gasteiger partial charge in [-0.2, -0.15) is 0 Å². The Morgan fingerprint density at radius 3 is 2.39 bits per heavy atom. The molecule has 1 aliphatic carbocycles. The Morgan fingerprint density at radius 2 is 1.83 bits per heavy atom. The van der Waals surface area contributed by atoms with Crippen LogP contribution in [-0.2, 0) is 22.4 Å². The molecule has 2 atom stereocenters. The smallest absolute Gasteiger partial charge is 0.308 e. The SMILES string of the molecule is CCCc1ccc(CCC2CC2C(=O)OC)cc1. The number of aryl methyl sites for hydroxylation is 2. The minimum atomic E-state index is -0.0294. The highest BCUT2D eigenvalue weighted by Gasteiger charge is 2.43. The van der Waals surface area contributed by atoms with Crippen LogP contribution in [0.2, 0.25) is 0 Å². The van der Waals surface area contributed by atoms with Crippen molar-refractivity contribution >= 4 is 5.97 Å². The maximum atomic E-state index is 11.3. The van der Waals surface area contributed by atoms with E-state index in [9.17, 15) is 4.79 Å². The zero-order valence-electron chi connectivity index (χ0n) is 11.3. The first kappa shape index (κ1) is 13.1. The summed E-state index contributed by atoms with van der Waals surface area (Å²) in [6.45, 7) is 2.20. The molecule has 1 aromatic carbocycles. The molecule has 1 aromatic rings. The van der Waals surface area contributed by atoms with Crippen LogP contribution in [-0.4, -0.2) is 13.1 Å². The van der Waals surface area contributed by atoms with Crippen molar-refractivity contribution in [3.63, 3.8) is 0 Å². The number of carbonyl (C=O) groups is 1. The number of carbonyl (C=O) groups excluding carboxylic acids is 1. The molecule has 18 heavy (non-hydrogen) atoms. The van der Waals surface area contributed by atoms with Crippen LogP contribution in [0, 0.1) is 11.8 Å². The highest BCUT2D eigenvalue weighted by atomic mass is 16.5. The van der Waals surface area contributed by atoms with Crippen LogP contribution in [0.3, 0.4) is 0 Å². The summed E-state index contributed by atoms with van der Waals surface area (Å²) in [4.78, 5) is 11.3. The van der Waals surface area contributed by atoms with Gasteiger partial charge < -0.3 is 4.74 Å². The van der Waals surface area contributed by atoms with Crippen LogP contribution in [0.4, 0.5) is 0 Å². The molecule has 0 heterocycles. The van der Waals surface area contributed by atoms with Crippen molar-refractivity contribution in [1.82, 2.24) is 0 Å². The molecule has 0 aromatic heterocycles. The quantitative estimate of drug-likeness (QED) is 0.719. The molecule has 2 unspecified atom stereocenters. The number of ether oxygens (including phenoxy) is 1. The van der Waals surface area contributed by atoms with Crippen LogP contribution < -0.4 is 0 Å². The van der Waals surface area contributed by atoms with Gasteiger partial charge in [-0.3, -0.25) is 4.79 Å². The molecule has 1 fully saturated rings. The summed E-state index contributed by atoms with van der Waals surface area (Å²) in [5, 5.41) is 0. The van der Waals surface area contributed by atoms with Gasteiger partial charge in [0.15, 0.2) is 0 Å². The van der Waals surface area contributed by atoms with E-state index in [2.05, 4.69) is 31.2 Å². The first-order valence-corrected chi connectivity index (χ1v) is 6.90. The van der Waals surface area contributed by atoms with Crippen molar-refractivity contribution in [2.75, 3.05) is 7.11 Å².